The molecule has 0 heterocycles. The first kappa shape index (κ1) is 7.35. The molecule has 0 saturated heterocycles. The molecule has 0 fully saturated rings. The predicted octanol–water partition coefficient (Wildman–Crippen LogP) is 3.00. The van der Waals surface area contributed by atoms with E-state index in [1.165, 1.54) is 0 Å². The van der Waals surface area contributed by atoms with Gasteiger partial charge in [-0.1, -0.05) is 28.6 Å². The van der Waals surface area contributed by atoms with E-state index in [0.29, 0.717) is 0 Å². The highest BCUT2D eigenvalue weighted by Crippen LogP contribution is 2.14. The Morgan fingerprint density at radius 1 is 1.50 bits per heavy atom. The molecule has 0 radical (unpaired) electrons. The Labute approximate surface area is 68.9 Å². The molecule has 0 atom stereocenters. The van der Waals surface area contributed by atoms with Crippen LogP contribution in [-0.4, -0.2) is 0 Å². The fourth-order valence-corrected chi connectivity index (χ4v) is 1.10. The van der Waals surface area contributed by atoms with Gasteiger partial charge in [-0.2, -0.15) is 0 Å². The summed E-state index contributed by atoms with van der Waals surface area (Å²) in [5.74, 6) is 0. The van der Waals surface area contributed by atoms with Crippen molar-refractivity contribution in [2.45, 2.75) is 0 Å². The second-order valence-electron chi connectivity index (χ2n) is 1.86. The number of anilines is 1. The normalized spacial score (nSPS) is 8.90. The van der Waals surface area contributed by atoms with Gasteiger partial charge in [0.05, 0.1) is 0 Å². The summed E-state index contributed by atoms with van der Waals surface area (Å²) < 4.78 is 1.07. The standard InChI is InChI=1S/C8H8BrN/c1-2-10-8-5-3-4-7(9)6-8/h2-6,10H,1H2. The van der Waals surface area contributed by atoms with Crippen LogP contribution in [0.25, 0.3) is 0 Å². The first-order valence-electron chi connectivity index (χ1n) is 2.96. The Morgan fingerprint density at radius 2 is 2.30 bits per heavy atom. The molecule has 52 valence electrons. The second-order valence-corrected chi connectivity index (χ2v) is 2.77. The third-order valence-corrected chi connectivity index (χ3v) is 1.59. The van der Waals surface area contributed by atoms with E-state index in [1.807, 2.05) is 24.3 Å². The molecule has 0 unspecified atom stereocenters. The van der Waals surface area contributed by atoms with Crippen LogP contribution < -0.4 is 5.32 Å². The van der Waals surface area contributed by atoms with Crippen molar-refractivity contribution in [2.24, 2.45) is 0 Å². The molecule has 0 aliphatic rings. The minimum atomic E-state index is 1.05. The highest BCUT2D eigenvalue weighted by atomic mass is 79.9. The van der Waals surface area contributed by atoms with E-state index in [1.54, 1.807) is 6.20 Å². The van der Waals surface area contributed by atoms with Gasteiger partial charge in [0.1, 0.15) is 0 Å². The first-order chi connectivity index (χ1) is 4.83. The smallest absolute Gasteiger partial charge is 0.0390 e. The van der Waals surface area contributed by atoms with Gasteiger partial charge < -0.3 is 5.32 Å². The van der Waals surface area contributed by atoms with E-state index in [-0.39, 0.29) is 0 Å². The Kier molecular flexibility index (Phi) is 2.51. The lowest BCUT2D eigenvalue weighted by atomic mass is 10.3. The van der Waals surface area contributed by atoms with Gasteiger partial charge in [-0.25, -0.2) is 0 Å². The molecule has 1 nitrogen and oxygen atoms in total. The average molecular weight is 198 g/mol. The Balaban J connectivity index is 2.84. The van der Waals surface area contributed by atoms with Crippen LogP contribution >= 0.6 is 15.9 Å². The van der Waals surface area contributed by atoms with Crippen molar-refractivity contribution in [2.75, 3.05) is 5.32 Å². The van der Waals surface area contributed by atoms with Crippen molar-refractivity contribution in [1.29, 1.82) is 0 Å². The summed E-state index contributed by atoms with van der Waals surface area (Å²) in [7, 11) is 0. The highest BCUT2D eigenvalue weighted by molar-refractivity contribution is 9.10. The van der Waals surface area contributed by atoms with Gasteiger partial charge in [0.15, 0.2) is 0 Å². The van der Waals surface area contributed by atoms with Crippen LogP contribution in [0.15, 0.2) is 41.5 Å². The number of rotatable bonds is 2. The van der Waals surface area contributed by atoms with E-state index in [9.17, 15) is 0 Å². The van der Waals surface area contributed by atoms with Crippen LogP contribution in [0.4, 0.5) is 5.69 Å². The maximum Gasteiger partial charge on any atom is 0.0390 e. The van der Waals surface area contributed by atoms with Crippen molar-refractivity contribution in [3.8, 4) is 0 Å². The molecule has 10 heavy (non-hydrogen) atoms. The lowest BCUT2D eigenvalue weighted by Gasteiger charge is -1.98. The number of nitrogens with one attached hydrogen (secondary N) is 1. The lowest BCUT2D eigenvalue weighted by molar-refractivity contribution is 1.57. The lowest BCUT2D eigenvalue weighted by Crippen LogP contribution is -1.83. The average Bonchev–Trinajstić information content (AvgIpc) is 1.88. The van der Waals surface area contributed by atoms with Crippen LogP contribution in [0.2, 0.25) is 0 Å². The summed E-state index contributed by atoms with van der Waals surface area (Å²) in [6.07, 6.45) is 1.65. The van der Waals surface area contributed by atoms with Gasteiger partial charge in [-0.3, -0.25) is 0 Å². The summed E-state index contributed by atoms with van der Waals surface area (Å²) in [4.78, 5) is 0. The summed E-state index contributed by atoms with van der Waals surface area (Å²) in [5, 5.41) is 2.98. The number of hydrogen-bond acceptors (Lipinski definition) is 1. The van der Waals surface area contributed by atoms with Crippen molar-refractivity contribution >= 4 is 21.6 Å². The van der Waals surface area contributed by atoms with Crippen LogP contribution in [0.5, 0.6) is 0 Å². The minimum Gasteiger partial charge on any atom is -0.362 e. The Morgan fingerprint density at radius 3 is 2.90 bits per heavy atom. The van der Waals surface area contributed by atoms with Crippen molar-refractivity contribution in [3.05, 3.63) is 41.5 Å². The SMILES string of the molecule is C=CNc1cccc(Br)c1. The fourth-order valence-electron chi connectivity index (χ4n) is 0.696. The van der Waals surface area contributed by atoms with Crippen LogP contribution in [-0.2, 0) is 0 Å². The Bertz CT molecular complexity index is 232. The molecular formula is C8H8BrN. The van der Waals surface area contributed by atoms with Crippen LogP contribution in [0.3, 0.4) is 0 Å². The fraction of sp³-hybridized carbons (Fsp3) is 0. The van der Waals surface area contributed by atoms with E-state index < -0.39 is 0 Å². The van der Waals surface area contributed by atoms with E-state index >= 15 is 0 Å². The third-order valence-electron chi connectivity index (χ3n) is 1.09. The molecule has 1 aromatic rings. The Hall–Kier alpha value is -0.760. The zero-order valence-electron chi connectivity index (χ0n) is 5.47. The monoisotopic (exact) mass is 197 g/mol. The second kappa shape index (κ2) is 3.42. The number of benzene rings is 1. The summed E-state index contributed by atoms with van der Waals surface area (Å²) in [6.45, 7) is 3.56. The van der Waals surface area contributed by atoms with E-state index in [0.717, 1.165) is 10.2 Å². The zero-order chi connectivity index (χ0) is 7.40. The maximum atomic E-state index is 3.56. The van der Waals surface area contributed by atoms with Gasteiger partial charge in [-0.15, -0.1) is 0 Å². The molecule has 1 aromatic carbocycles. The molecule has 0 spiro atoms. The van der Waals surface area contributed by atoms with Crippen LogP contribution in [0.1, 0.15) is 0 Å². The van der Waals surface area contributed by atoms with Crippen molar-refractivity contribution in [3.63, 3.8) is 0 Å². The van der Waals surface area contributed by atoms with E-state index in [2.05, 4.69) is 27.8 Å². The molecule has 1 N–H and O–H groups in total. The molecular weight excluding hydrogens is 190 g/mol. The van der Waals surface area contributed by atoms with Gasteiger partial charge in [-0.05, 0) is 24.4 Å². The molecule has 1 rings (SSSR count). The molecule has 2 heteroatoms. The number of hydrogen-bond donors (Lipinski definition) is 1. The molecule has 0 aliphatic heterocycles. The maximum absolute atomic E-state index is 3.56. The van der Waals surface area contributed by atoms with Crippen molar-refractivity contribution in [1.82, 2.24) is 0 Å². The molecule has 0 amide bonds. The van der Waals surface area contributed by atoms with Crippen molar-refractivity contribution < 1.29 is 0 Å². The minimum absolute atomic E-state index is 1.05. The molecule has 0 aromatic heterocycles. The summed E-state index contributed by atoms with van der Waals surface area (Å²) in [6, 6.07) is 7.91. The van der Waals surface area contributed by atoms with Gasteiger partial charge >= 0.3 is 0 Å². The summed E-state index contributed by atoms with van der Waals surface area (Å²) in [5.41, 5.74) is 1.05. The zero-order valence-corrected chi connectivity index (χ0v) is 7.06. The highest BCUT2D eigenvalue weighted by Gasteiger charge is 1.87. The van der Waals surface area contributed by atoms with Gasteiger partial charge in [0, 0.05) is 10.2 Å². The predicted molar refractivity (Wildman–Crippen MR) is 48.0 cm³/mol. The van der Waals surface area contributed by atoms with E-state index in [4.69, 9.17) is 0 Å². The summed E-state index contributed by atoms with van der Waals surface area (Å²) >= 11 is 3.36. The topological polar surface area (TPSA) is 12.0 Å². The largest absolute Gasteiger partial charge is 0.362 e. The number of halogens is 1. The quantitative estimate of drug-likeness (QED) is 0.770. The molecule has 0 bridgehead atoms. The van der Waals surface area contributed by atoms with Crippen LogP contribution in [0, 0.1) is 0 Å². The first-order valence-corrected chi connectivity index (χ1v) is 3.75. The van der Waals surface area contributed by atoms with Gasteiger partial charge in [0.25, 0.3) is 0 Å². The molecule has 0 saturated carbocycles. The third kappa shape index (κ3) is 1.88. The van der Waals surface area contributed by atoms with Gasteiger partial charge in [0.2, 0.25) is 0 Å². The molecule has 0 aliphatic carbocycles.